The Labute approximate surface area is 215 Å². The highest BCUT2D eigenvalue weighted by atomic mass is 31.2. The summed E-state index contributed by atoms with van der Waals surface area (Å²) >= 11 is 0. The zero-order chi connectivity index (χ0) is 28.2. The molecule has 0 radical (unpaired) electrons. The number of nitrogens with one attached hydrogen (secondary N) is 2. The number of aromatic nitrogens is 2. The van der Waals surface area contributed by atoms with Gasteiger partial charge in [-0.15, -0.1) is 0 Å². The van der Waals surface area contributed by atoms with Crippen molar-refractivity contribution in [3.8, 4) is 6.07 Å². The molecule has 1 aromatic heterocycles. The molecule has 0 aromatic carbocycles. The molecule has 13 heteroatoms. The van der Waals surface area contributed by atoms with E-state index in [9.17, 15) is 24.2 Å². The first-order valence-electron chi connectivity index (χ1n) is 11.5. The Morgan fingerprint density at radius 3 is 2.57 bits per heavy atom. The van der Waals surface area contributed by atoms with Crippen LogP contribution in [0.4, 0.5) is 0 Å². The van der Waals surface area contributed by atoms with Gasteiger partial charge in [-0.1, -0.05) is 33.4 Å². The van der Waals surface area contributed by atoms with Crippen LogP contribution in [0.2, 0.25) is 0 Å². The average Bonchev–Trinajstić information content (AvgIpc) is 2.98. The number of hydrogen-bond acceptors (Lipinski definition) is 9. The molecule has 2 N–H and O–H groups in total. The average molecular weight is 537 g/mol. The number of H-pyrrole nitrogens is 1. The van der Waals surface area contributed by atoms with E-state index >= 15 is 0 Å². The summed E-state index contributed by atoms with van der Waals surface area (Å²) in [7, 11) is -4.24. The fourth-order valence-corrected chi connectivity index (χ4v) is 5.04. The summed E-state index contributed by atoms with van der Waals surface area (Å²) in [5, 5.41) is 12.7. The third-order valence-corrected chi connectivity index (χ3v) is 7.56. The molecule has 0 spiro atoms. The van der Waals surface area contributed by atoms with Gasteiger partial charge in [0.05, 0.1) is 6.10 Å². The Kier molecular flexibility index (Phi) is 9.01. The maximum absolute atomic E-state index is 13.6. The van der Waals surface area contributed by atoms with Crippen molar-refractivity contribution in [2.75, 3.05) is 0 Å². The number of nitrogens with zero attached hydrogens (tertiary/aromatic N) is 2. The number of esters is 1. The monoisotopic (exact) mass is 536 g/mol. The highest BCUT2D eigenvalue weighted by Gasteiger charge is 2.61. The number of aromatic amines is 1. The molecule has 202 valence electrons. The Bertz CT molecular complexity index is 1300. The number of nitriles is 1. The minimum atomic E-state index is -4.24. The molecular weight excluding hydrogens is 503 g/mol. The molecule has 4 atom stereocenters. The van der Waals surface area contributed by atoms with Crippen molar-refractivity contribution in [3.63, 3.8) is 0 Å². The molecule has 0 aliphatic carbocycles. The Balaban J connectivity index is 2.48. The van der Waals surface area contributed by atoms with Gasteiger partial charge in [-0.3, -0.25) is 14.6 Å². The van der Waals surface area contributed by atoms with Gasteiger partial charge in [0.1, 0.15) is 29.9 Å². The van der Waals surface area contributed by atoms with Gasteiger partial charge < -0.3 is 18.5 Å². The molecule has 1 saturated heterocycles. The molecule has 1 fully saturated rings. The standard InChI is InChI=1S/C24H33N4O8P/c1-9-10-16(4)36-37(32,27-18(6)21(30)34-15(2)3)33-13-19-17(5)23(7,8)24(14-25,35-19)28-12-11-20(29)26-22(28)31/h9-13,15,17-18H,1H2,2-8H3,(H,27,32)(H,26,29,31). The summed E-state index contributed by atoms with van der Waals surface area (Å²) in [6.07, 6.45) is 4.67. The summed E-state index contributed by atoms with van der Waals surface area (Å²) in [5.74, 6) is -0.945. The first kappa shape index (κ1) is 29.7. The molecule has 1 aliphatic heterocycles. The lowest BCUT2D eigenvalue weighted by Crippen LogP contribution is -2.51. The SMILES string of the molecule is C=CC=C(C)OP(=O)(NC(C)C(=O)OC(C)C)OC=C1OC(C#N)(n2ccc(=O)[nH]c2=O)C(C)(C)C1C. The van der Waals surface area contributed by atoms with Gasteiger partial charge in [-0.25, -0.2) is 13.9 Å². The van der Waals surface area contributed by atoms with Gasteiger partial charge in [0.15, 0.2) is 0 Å². The fraction of sp³-hybridized carbons (Fsp3) is 0.500. The molecule has 0 bridgehead atoms. The molecule has 2 rings (SSSR count). The largest absolute Gasteiger partial charge is 0.512 e. The second-order valence-electron chi connectivity index (χ2n) is 9.35. The van der Waals surface area contributed by atoms with E-state index in [-0.39, 0.29) is 11.5 Å². The van der Waals surface area contributed by atoms with Crippen LogP contribution in [0.1, 0.15) is 48.5 Å². The topological polar surface area (TPSA) is 162 Å². The van der Waals surface area contributed by atoms with Crippen molar-refractivity contribution in [3.05, 3.63) is 69.6 Å². The summed E-state index contributed by atoms with van der Waals surface area (Å²) < 4.78 is 36.8. The number of carbonyl (C=O) groups is 1. The maximum atomic E-state index is 13.6. The molecule has 37 heavy (non-hydrogen) atoms. The van der Waals surface area contributed by atoms with Crippen molar-refractivity contribution in [2.45, 2.75) is 66.3 Å². The van der Waals surface area contributed by atoms with Crippen LogP contribution in [0.5, 0.6) is 0 Å². The summed E-state index contributed by atoms with van der Waals surface area (Å²) in [4.78, 5) is 38.5. The van der Waals surface area contributed by atoms with Crippen LogP contribution in [0.25, 0.3) is 0 Å². The van der Waals surface area contributed by atoms with Crippen molar-refractivity contribution in [1.29, 1.82) is 5.26 Å². The second kappa shape index (κ2) is 11.2. The zero-order valence-electron chi connectivity index (χ0n) is 21.9. The van der Waals surface area contributed by atoms with Crippen molar-refractivity contribution >= 4 is 13.7 Å². The van der Waals surface area contributed by atoms with Gasteiger partial charge in [0.25, 0.3) is 11.3 Å². The highest BCUT2D eigenvalue weighted by Crippen LogP contribution is 2.55. The van der Waals surface area contributed by atoms with Crippen LogP contribution in [0.3, 0.4) is 0 Å². The first-order valence-corrected chi connectivity index (χ1v) is 13.0. The predicted octanol–water partition coefficient (Wildman–Crippen LogP) is 3.41. The smallest absolute Gasteiger partial charge is 0.462 e. The van der Waals surface area contributed by atoms with Gasteiger partial charge in [-0.2, -0.15) is 10.3 Å². The number of ether oxygens (including phenoxy) is 2. The Morgan fingerprint density at radius 1 is 1.38 bits per heavy atom. The summed E-state index contributed by atoms with van der Waals surface area (Å²) in [6.45, 7) is 15.0. The van der Waals surface area contributed by atoms with E-state index < -0.39 is 54.2 Å². The highest BCUT2D eigenvalue weighted by molar-refractivity contribution is 7.51. The summed E-state index contributed by atoms with van der Waals surface area (Å²) in [6, 6.07) is 2.07. The number of allylic oxidation sites excluding steroid dienone is 4. The second-order valence-corrected chi connectivity index (χ2v) is 11.0. The lowest BCUT2D eigenvalue weighted by atomic mass is 9.73. The van der Waals surface area contributed by atoms with E-state index in [4.69, 9.17) is 18.5 Å². The molecule has 4 unspecified atom stereocenters. The molecule has 2 heterocycles. The Hall–Kier alpha value is -3.55. The van der Waals surface area contributed by atoms with Crippen LogP contribution in [0, 0.1) is 22.7 Å². The van der Waals surface area contributed by atoms with E-state index in [1.807, 2.05) is 6.07 Å². The molecule has 1 aliphatic rings. The molecular formula is C24H33N4O8P. The van der Waals surface area contributed by atoms with Crippen molar-refractivity contribution in [1.82, 2.24) is 14.6 Å². The first-order chi connectivity index (χ1) is 17.1. The van der Waals surface area contributed by atoms with Crippen LogP contribution >= 0.6 is 7.75 Å². The number of rotatable bonds is 10. The van der Waals surface area contributed by atoms with E-state index in [1.54, 1.807) is 34.6 Å². The van der Waals surface area contributed by atoms with Crippen LogP contribution < -0.4 is 16.3 Å². The number of hydrogen-bond donors (Lipinski definition) is 2. The van der Waals surface area contributed by atoms with Crippen molar-refractivity contribution < 1.29 is 27.9 Å². The van der Waals surface area contributed by atoms with Crippen LogP contribution in [0.15, 0.2) is 58.4 Å². The predicted molar refractivity (Wildman–Crippen MR) is 135 cm³/mol. The van der Waals surface area contributed by atoms with Gasteiger partial charge in [0.2, 0.25) is 0 Å². The third-order valence-electron chi connectivity index (χ3n) is 5.94. The zero-order valence-corrected chi connectivity index (χ0v) is 22.8. The van der Waals surface area contributed by atoms with E-state index in [0.29, 0.717) is 0 Å². The van der Waals surface area contributed by atoms with Gasteiger partial charge >= 0.3 is 19.4 Å². The minimum absolute atomic E-state index is 0.0815. The molecule has 1 aromatic rings. The van der Waals surface area contributed by atoms with Crippen molar-refractivity contribution in [2.24, 2.45) is 11.3 Å². The number of carbonyl (C=O) groups excluding carboxylic acids is 1. The van der Waals surface area contributed by atoms with E-state index in [2.05, 4.69) is 16.7 Å². The lowest BCUT2D eigenvalue weighted by Gasteiger charge is -2.35. The summed E-state index contributed by atoms with van der Waals surface area (Å²) in [5.41, 5.74) is -4.36. The normalized spacial score (nSPS) is 24.5. The van der Waals surface area contributed by atoms with Gasteiger partial charge in [0, 0.05) is 23.6 Å². The minimum Gasteiger partial charge on any atom is -0.462 e. The fourth-order valence-electron chi connectivity index (χ4n) is 3.62. The third kappa shape index (κ3) is 6.24. The quantitative estimate of drug-likeness (QED) is 0.196. The van der Waals surface area contributed by atoms with Crippen LogP contribution in [-0.2, 0) is 33.6 Å². The van der Waals surface area contributed by atoms with Crippen LogP contribution in [-0.4, -0.2) is 27.7 Å². The van der Waals surface area contributed by atoms with E-state index in [0.717, 1.165) is 16.9 Å². The van der Waals surface area contributed by atoms with Gasteiger partial charge in [-0.05, 0) is 33.8 Å². The Morgan fingerprint density at radius 2 is 2.03 bits per heavy atom. The molecule has 0 amide bonds. The molecule has 0 saturated carbocycles. The van der Waals surface area contributed by atoms with E-state index in [1.165, 1.54) is 32.2 Å². The lowest BCUT2D eigenvalue weighted by molar-refractivity contribution is -0.149. The molecule has 12 nitrogen and oxygen atoms in total. The maximum Gasteiger partial charge on any atom is 0.512 e.